The summed E-state index contributed by atoms with van der Waals surface area (Å²) >= 11 is 6.75. The van der Waals surface area contributed by atoms with Gasteiger partial charge in [0.15, 0.2) is 11.5 Å². The Kier molecular flexibility index (Phi) is 5.56. The molecule has 0 saturated heterocycles. The Labute approximate surface area is 141 Å². The van der Waals surface area contributed by atoms with Gasteiger partial charge in [-0.25, -0.2) is 13.1 Å². The standard InChI is InChI=1S/C13H17Br2NO4S/c1-2-13(8-14,9-15)16-21(17,18)10-3-4-11-12(7-10)20-6-5-19-11/h3-4,7,16H,2,5-6,8-9H2,1H3. The molecule has 0 fully saturated rings. The fraction of sp³-hybridized carbons (Fsp3) is 0.538. The van der Waals surface area contributed by atoms with Crippen LogP contribution in [0, 0.1) is 0 Å². The summed E-state index contributed by atoms with van der Waals surface area (Å²) < 4.78 is 38.7. The number of hydrogen-bond acceptors (Lipinski definition) is 4. The number of alkyl halides is 2. The molecule has 0 aromatic heterocycles. The van der Waals surface area contributed by atoms with E-state index in [2.05, 4.69) is 36.6 Å². The molecule has 0 radical (unpaired) electrons. The second-order valence-electron chi connectivity index (χ2n) is 4.81. The third-order valence-electron chi connectivity index (χ3n) is 3.36. The number of ether oxygens (including phenoxy) is 2. The Hall–Kier alpha value is -0.310. The minimum atomic E-state index is -3.63. The van der Waals surface area contributed by atoms with E-state index < -0.39 is 15.6 Å². The molecular formula is C13H17Br2NO4S. The van der Waals surface area contributed by atoms with E-state index >= 15 is 0 Å². The summed E-state index contributed by atoms with van der Waals surface area (Å²) in [5.74, 6) is 1.03. The molecule has 8 heteroatoms. The number of hydrogen-bond donors (Lipinski definition) is 1. The summed E-state index contributed by atoms with van der Waals surface area (Å²) in [7, 11) is -3.63. The van der Waals surface area contributed by atoms with Crippen molar-refractivity contribution in [3.05, 3.63) is 18.2 Å². The highest BCUT2D eigenvalue weighted by atomic mass is 79.9. The number of halogens is 2. The average Bonchev–Trinajstić information content (AvgIpc) is 2.52. The van der Waals surface area contributed by atoms with Gasteiger partial charge in [-0.2, -0.15) is 0 Å². The van der Waals surface area contributed by atoms with E-state index in [0.29, 0.717) is 41.8 Å². The molecule has 0 atom stereocenters. The summed E-state index contributed by atoms with van der Waals surface area (Å²) in [5.41, 5.74) is -0.563. The smallest absolute Gasteiger partial charge is 0.241 e. The summed E-state index contributed by atoms with van der Waals surface area (Å²) in [5, 5.41) is 1.04. The molecule has 0 amide bonds. The van der Waals surface area contributed by atoms with E-state index in [1.54, 1.807) is 6.07 Å². The van der Waals surface area contributed by atoms with Crippen LogP contribution < -0.4 is 14.2 Å². The fourth-order valence-corrected chi connectivity index (χ4v) is 5.75. The summed E-state index contributed by atoms with van der Waals surface area (Å²) in [6, 6.07) is 4.65. The molecule has 1 aromatic carbocycles. The van der Waals surface area contributed by atoms with E-state index in [1.807, 2.05) is 6.92 Å². The van der Waals surface area contributed by atoms with Gasteiger partial charge in [-0.15, -0.1) is 0 Å². The van der Waals surface area contributed by atoms with Crippen molar-refractivity contribution in [2.75, 3.05) is 23.9 Å². The van der Waals surface area contributed by atoms with Gasteiger partial charge in [-0.05, 0) is 18.6 Å². The maximum absolute atomic E-state index is 12.6. The summed E-state index contributed by atoms with van der Waals surface area (Å²) in [6.45, 7) is 2.84. The maximum atomic E-state index is 12.6. The fourth-order valence-electron chi connectivity index (χ4n) is 1.89. The van der Waals surface area contributed by atoms with Gasteiger partial charge in [-0.3, -0.25) is 0 Å². The van der Waals surface area contributed by atoms with Gasteiger partial charge in [-0.1, -0.05) is 38.8 Å². The molecule has 0 unspecified atom stereocenters. The van der Waals surface area contributed by atoms with E-state index in [-0.39, 0.29) is 4.90 Å². The van der Waals surface area contributed by atoms with Crippen molar-refractivity contribution in [1.29, 1.82) is 0 Å². The van der Waals surface area contributed by atoms with Crippen LogP contribution in [-0.2, 0) is 10.0 Å². The van der Waals surface area contributed by atoms with Crippen LogP contribution in [0.15, 0.2) is 23.1 Å². The summed E-state index contributed by atoms with van der Waals surface area (Å²) in [4.78, 5) is 0.173. The first-order valence-corrected chi connectivity index (χ1v) is 10.2. The first-order chi connectivity index (χ1) is 9.96. The van der Waals surface area contributed by atoms with Crippen LogP contribution in [0.2, 0.25) is 0 Å². The highest BCUT2D eigenvalue weighted by Gasteiger charge is 2.32. The molecule has 21 heavy (non-hydrogen) atoms. The Morgan fingerprint density at radius 2 is 1.81 bits per heavy atom. The van der Waals surface area contributed by atoms with Crippen LogP contribution in [0.3, 0.4) is 0 Å². The molecule has 0 saturated carbocycles. The predicted octanol–water partition coefficient (Wildman–Crippen LogP) is 2.67. The van der Waals surface area contributed by atoms with E-state index in [4.69, 9.17) is 9.47 Å². The van der Waals surface area contributed by atoms with Gasteiger partial charge in [0.05, 0.1) is 10.4 Å². The SMILES string of the molecule is CCC(CBr)(CBr)NS(=O)(=O)c1ccc2c(c1)OCCO2. The van der Waals surface area contributed by atoms with Crippen molar-refractivity contribution in [3.63, 3.8) is 0 Å². The lowest BCUT2D eigenvalue weighted by atomic mass is 10.0. The highest BCUT2D eigenvalue weighted by Crippen LogP contribution is 2.32. The monoisotopic (exact) mass is 441 g/mol. The lowest BCUT2D eigenvalue weighted by Crippen LogP contribution is -2.50. The minimum absolute atomic E-state index is 0.173. The molecule has 1 aliphatic heterocycles. The molecule has 1 heterocycles. The van der Waals surface area contributed by atoms with Gasteiger partial charge in [0.25, 0.3) is 0 Å². The largest absolute Gasteiger partial charge is 0.486 e. The quantitative estimate of drug-likeness (QED) is 0.688. The van der Waals surface area contributed by atoms with Crippen LogP contribution in [-0.4, -0.2) is 37.8 Å². The molecule has 0 aliphatic carbocycles. The lowest BCUT2D eigenvalue weighted by molar-refractivity contribution is 0.171. The lowest BCUT2D eigenvalue weighted by Gasteiger charge is -2.29. The van der Waals surface area contributed by atoms with Crippen molar-refractivity contribution in [1.82, 2.24) is 4.72 Å². The van der Waals surface area contributed by atoms with Gasteiger partial charge in [0, 0.05) is 16.7 Å². The topological polar surface area (TPSA) is 64.6 Å². The van der Waals surface area contributed by atoms with E-state index in [0.717, 1.165) is 0 Å². The zero-order valence-electron chi connectivity index (χ0n) is 11.6. The zero-order valence-corrected chi connectivity index (χ0v) is 15.6. The van der Waals surface area contributed by atoms with Crippen LogP contribution in [0.25, 0.3) is 0 Å². The summed E-state index contributed by atoms with van der Waals surface area (Å²) in [6.07, 6.45) is 0.660. The Morgan fingerprint density at radius 1 is 1.19 bits per heavy atom. The van der Waals surface area contributed by atoms with Gasteiger partial charge >= 0.3 is 0 Å². The molecule has 1 aliphatic rings. The van der Waals surface area contributed by atoms with Crippen molar-refractivity contribution >= 4 is 41.9 Å². The van der Waals surface area contributed by atoms with Gasteiger partial charge < -0.3 is 9.47 Å². The molecule has 5 nitrogen and oxygen atoms in total. The van der Waals surface area contributed by atoms with E-state index in [1.165, 1.54) is 12.1 Å². The number of benzene rings is 1. The first kappa shape index (κ1) is 17.1. The predicted molar refractivity (Wildman–Crippen MR) is 88.4 cm³/mol. The van der Waals surface area contributed by atoms with Crippen molar-refractivity contribution in [2.24, 2.45) is 0 Å². The van der Waals surface area contributed by atoms with Crippen molar-refractivity contribution < 1.29 is 17.9 Å². The molecule has 0 spiro atoms. The molecule has 2 rings (SSSR count). The average molecular weight is 443 g/mol. The first-order valence-electron chi connectivity index (χ1n) is 6.52. The van der Waals surface area contributed by atoms with Gasteiger partial charge in [0.2, 0.25) is 10.0 Å². The Balaban J connectivity index is 2.31. The van der Waals surface area contributed by atoms with Crippen LogP contribution in [0.4, 0.5) is 0 Å². The molecule has 1 aromatic rings. The van der Waals surface area contributed by atoms with Crippen LogP contribution in [0.5, 0.6) is 11.5 Å². The zero-order chi connectivity index (χ0) is 15.5. The number of nitrogens with one attached hydrogen (secondary N) is 1. The number of rotatable bonds is 6. The maximum Gasteiger partial charge on any atom is 0.241 e. The highest BCUT2D eigenvalue weighted by molar-refractivity contribution is 9.09. The third-order valence-corrected chi connectivity index (χ3v) is 7.09. The molecule has 1 N–H and O–H groups in total. The second-order valence-corrected chi connectivity index (χ2v) is 7.62. The second kappa shape index (κ2) is 6.85. The Bertz CT molecular complexity index is 594. The third kappa shape index (κ3) is 3.72. The molecule has 0 bridgehead atoms. The number of fused-ring (bicyclic) bond motifs is 1. The molecule has 118 valence electrons. The van der Waals surface area contributed by atoms with Crippen molar-refractivity contribution in [3.8, 4) is 11.5 Å². The van der Waals surface area contributed by atoms with Gasteiger partial charge in [0.1, 0.15) is 13.2 Å². The van der Waals surface area contributed by atoms with Crippen LogP contribution in [0.1, 0.15) is 13.3 Å². The normalized spacial score (nSPS) is 15.0. The Morgan fingerprint density at radius 3 is 2.38 bits per heavy atom. The molecular weight excluding hydrogens is 426 g/mol. The van der Waals surface area contributed by atoms with Crippen LogP contribution >= 0.6 is 31.9 Å². The van der Waals surface area contributed by atoms with Crippen molar-refractivity contribution in [2.45, 2.75) is 23.8 Å². The minimum Gasteiger partial charge on any atom is -0.486 e. The number of sulfonamides is 1. The van der Waals surface area contributed by atoms with E-state index in [9.17, 15) is 8.42 Å².